The van der Waals surface area contributed by atoms with Crippen molar-refractivity contribution in [3.63, 3.8) is 0 Å². The first-order valence-corrected chi connectivity index (χ1v) is 8.90. The van der Waals surface area contributed by atoms with Gasteiger partial charge in [0, 0.05) is 28.2 Å². The van der Waals surface area contributed by atoms with Gasteiger partial charge < -0.3 is 10.6 Å². The van der Waals surface area contributed by atoms with Crippen molar-refractivity contribution in [2.24, 2.45) is 5.92 Å². The number of nitrogens with zero attached hydrogens (tertiary/aromatic N) is 1. The van der Waals surface area contributed by atoms with E-state index in [4.69, 9.17) is 5.73 Å². The average molecular weight is 367 g/mol. The highest BCUT2D eigenvalue weighted by Crippen LogP contribution is 2.36. The van der Waals surface area contributed by atoms with Crippen LogP contribution in [0.1, 0.15) is 35.4 Å². The molecular weight excluding hydrogens is 348 g/mol. The van der Waals surface area contributed by atoms with Gasteiger partial charge in [-0.1, -0.05) is 28.8 Å². The second kappa shape index (κ2) is 5.97. The van der Waals surface area contributed by atoms with E-state index >= 15 is 0 Å². The molecule has 1 aliphatic carbocycles. The van der Waals surface area contributed by atoms with Gasteiger partial charge in [-0.3, -0.25) is 4.79 Å². The third-order valence-electron chi connectivity index (χ3n) is 4.24. The molecule has 1 aromatic carbocycles. The Bertz CT molecular complexity index is 676. The van der Waals surface area contributed by atoms with E-state index in [1.165, 1.54) is 37.0 Å². The molecule has 21 heavy (non-hydrogen) atoms. The highest BCUT2D eigenvalue weighted by molar-refractivity contribution is 9.10. The van der Waals surface area contributed by atoms with Crippen LogP contribution in [0, 0.1) is 5.92 Å². The maximum absolute atomic E-state index is 12.7. The molecule has 0 atom stereocenters. The van der Waals surface area contributed by atoms with Crippen LogP contribution >= 0.6 is 27.3 Å². The average Bonchev–Trinajstić information content (AvgIpc) is 3.07. The predicted octanol–water partition coefficient (Wildman–Crippen LogP) is 4.51. The standard InChI is InChI=1S/C16H19BrN2OS/c1-19(9-10-4-2-3-5-10)16(20)15-14(18)12-8-11(17)6-7-13(12)21-15/h6-8,10H,2-5,9,18H2,1H3. The van der Waals surface area contributed by atoms with Crippen LogP contribution in [0.5, 0.6) is 0 Å². The molecule has 1 heterocycles. The van der Waals surface area contributed by atoms with Gasteiger partial charge in [0.05, 0.1) is 5.69 Å². The van der Waals surface area contributed by atoms with Gasteiger partial charge in [-0.15, -0.1) is 11.3 Å². The minimum atomic E-state index is 0.0525. The molecule has 1 amide bonds. The molecule has 0 spiro atoms. The first-order valence-electron chi connectivity index (χ1n) is 7.29. The zero-order chi connectivity index (χ0) is 15.0. The number of halogens is 1. The third-order valence-corrected chi connectivity index (χ3v) is 5.90. The highest BCUT2D eigenvalue weighted by atomic mass is 79.9. The van der Waals surface area contributed by atoms with Crippen molar-refractivity contribution in [2.45, 2.75) is 25.7 Å². The van der Waals surface area contributed by atoms with Crippen LogP contribution in [0.15, 0.2) is 22.7 Å². The van der Waals surface area contributed by atoms with Gasteiger partial charge in [-0.25, -0.2) is 0 Å². The Morgan fingerprint density at radius 2 is 2.14 bits per heavy atom. The van der Waals surface area contributed by atoms with E-state index < -0.39 is 0 Å². The first-order chi connectivity index (χ1) is 10.1. The van der Waals surface area contributed by atoms with Crippen molar-refractivity contribution in [2.75, 3.05) is 19.3 Å². The number of thiophene rings is 1. The number of fused-ring (bicyclic) bond motifs is 1. The van der Waals surface area contributed by atoms with Gasteiger partial charge in [-0.2, -0.15) is 0 Å². The number of hydrogen-bond donors (Lipinski definition) is 1. The molecule has 1 aromatic heterocycles. The Balaban J connectivity index is 1.85. The van der Waals surface area contributed by atoms with Gasteiger partial charge in [-0.05, 0) is 37.0 Å². The smallest absolute Gasteiger partial charge is 0.265 e. The van der Waals surface area contributed by atoms with E-state index in [2.05, 4.69) is 15.9 Å². The summed E-state index contributed by atoms with van der Waals surface area (Å²) >= 11 is 4.94. The molecule has 3 rings (SSSR count). The molecule has 2 aromatic rings. The molecule has 5 heteroatoms. The third kappa shape index (κ3) is 2.94. The van der Waals surface area contributed by atoms with E-state index in [0.717, 1.165) is 21.1 Å². The molecule has 0 unspecified atom stereocenters. The number of anilines is 1. The lowest BCUT2D eigenvalue weighted by molar-refractivity contribution is 0.0779. The summed E-state index contributed by atoms with van der Waals surface area (Å²) in [6.07, 6.45) is 5.08. The van der Waals surface area contributed by atoms with E-state index in [1.807, 2.05) is 30.1 Å². The van der Waals surface area contributed by atoms with Crippen molar-refractivity contribution in [3.8, 4) is 0 Å². The lowest BCUT2D eigenvalue weighted by Crippen LogP contribution is -2.31. The van der Waals surface area contributed by atoms with Crippen molar-refractivity contribution in [1.29, 1.82) is 0 Å². The number of benzene rings is 1. The Morgan fingerprint density at radius 3 is 2.86 bits per heavy atom. The molecule has 3 nitrogen and oxygen atoms in total. The molecule has 1 aliphatic rings. The number of amides is 1. The summed E-state index contributed by atoms with van der Waals surface area (Å²) in [5.74, 6) is 0.709. The van der Waals surface area contributed by atoms with Gasteiger partial charge in [0.2, 0.25) is 0 Å². The highest BCUT2D eigenvalue weighted by Gasteiger charge is 2.23. The van der Waals surface area contributed by atoms with Gasteiger partial charge in [0.15, 0.2) is 0 Å². The fourth-order valence-corrected chi connectivity index (χ4v) is 4.54. The Morgan fingerprint density at radius 1 is 1.43 bits per heavy atom. The van der Waals surface area contributed by atoms with Crippen LogP contribution < -0.4 is 5.73 Å². The summed E-state index contributed by atoms with van der Waals surface area (Å²) in [4.78, 5) is 15.2. The minimum absolute atomic E-state index is 0.0525. The van der Waals surface area contributed by atoms with Crippen LogP contribution in [0.3, 0.4) is 0 Å². The molecule has 0 bridgehead atoms. The van der Waals surface area contributed by atoms with E-state index in [-0.39, 0.29) is 5.91 Å². The summed E-state index contributed by atoms with van der Waals surface area (Å²) in [6.45, 7) is 0.843. The summed E-state index contributed by atoms with van der Waals surface area (Å²) < 4.78 is 2.05. The van der Waals surface area contributed by atoms with E-state index in [9.17, 15) is 4.79 Å². The molecule has 1 saturated carbocycles. The maximum Gasteiger partial charge on any atom is 0.265 e. The quantitative estimate of drug-likeness (QED) is 0.868. The van der Waals surface area contributed by atoms with Crippen LogP contribution in [0.4, 0.5) is 5.69 Å². The topological polar surface area (TPSA) is 46.3 Å². The molecule has 0 radical (unpaired) electrons. The number of nitrogens with two attached hydrogens (primary N) is 1. The normalized spacial score (nSPS) is 15.7. The van der Waals surface area contributed by atoms with Crippen LogP contribution in [-0.2, 0) is 0 Å². The van der Waals surface area contributed by atoms with Gasteiger partial charge in [0.25, 0.3) is 5.91 Å². The maximum atomic E-state index is 12.7. The summed E-state index contributed by atoms with van der Waals surface area (Å²) in [5, 5.41) is 0.965. The van der Waals surface area contributed by atoms with E-state index in [1.54, 1.807) is 0 Å². The van der Waals surface area contributed by atoms with Crippen LogP contribution in [0.25, 0.3) is 10.1 Å². The zero-order valence-electron chi connectivity index (χ0n) is 12.1. The molecular formula is C16H19BrN2OS. The Hall–Kier alpha value is -1.07. The SMILES string of the molecule is CN(CC1CCCC1)C(=O)c1sc2ccc(Br)cc2c1N. The monoisotopic (exact) mass is 366 g/mol. The fraction of sp³-hybridized carbons (Fsp3) is 0.438. The molecule has 2 N–H and O–H groups in total. The second-order valence-corrected chi connectivity index (χ2v) is 7.79. The summed E-state index contributed by atoms with van der Waals surface area (Å²) in [7, 11) is 1.89. The second-order valence-electron chi connectivity index (χ2n) is 5.82. The zero-order valence-corrected chi connectivity index (χ0v) is 14.5. The summed E-state index contributed by atoms with van der Waals surface area (Å²) in [6, 6.07) is 5.97. The van der Waals surface area contributed by atoms with Crippen molar-refractivity contribution in [3.05, 3.63) is 27.5 Å². The summed E-state index contributed by atoms with van der Waals surface area (Å²) in [5.41, 5.74) is 6.81. The van der Waals surface area contributed by atoms with Gasteiger partial charge >= 0.3 is 0 Å². The predicted molar refractivity (Wildman–Crippen MR) is 92.9 cm³/mol. The Kier molecular flexibility index (Phi) is 4.22. The Labute approximate surface area is 137 Å². The number of hydrogen-bond acceptors (Lipinski definition) is 3. The van der Waals surface area contributed by atoms with Crippen molar-refractivity contribution >= 4 is 48.9 Å². The lowest BCUT2D eigenvalue weighted by Gasteiger charge is -2.20. The fourth-order valence-electron chi connectivity index (χ4n) is 3.08. The lowest BCUT2D eigenvalue weighted by atomic mass is 10.1. The van der Waals surface area contributed by atoms with E-state index in [0.29, 0.717) is 16.5 Å². The largest absolute Gasteiger partial charge is 0.397 e. The first kappa shape index (κ1) is 14.9. The molecule has 0 aliphatic heterocycles. The number of rotatable bonds is 3. The number of carbonyl (C=O) groups is 1. The van der Waals surface area contributed by atoms with Crippen LogP contribution in [-0.4, -0.2) is 24.4 Å². The van der Waals surface area contributed by atoms with Crippen molar-refractivity contribution in [1.82, 2.24) is 4.90 Å². The minimum Gasteiger partial charge on any atom is -0.397 e. The molecule has 0 saturated heterocycles. The number of nitrogen functional groups attached to an aromatic ring is 1. The van der Waals surface area contributed by atoms with Gasteiger partial charge in [0.1, 0.15) is 4.88 Å². The molecule has 112 valence electrons. The number of carbonyl (C=O) groups excluding carboxylic acids is 1. The molecule has 1 fully saturated rings. The van der Waals surface area contributed by atoms with Crippen molar-refractivity contribution < 1.29 is 4.79 Å². The van der Waals surface area contributed by atoms with Crippen LogP contribution in [0.2, 0.25) is 0 Å².